The first-order valence-corrected chi connectivity index (χ1v) is 9.04. The van der Waals surface area contributed by atoms with Crippen LogP contribution in [0.3, 0.4) is 0 Å². The average Bonchev–Trinajstić information content (AvgIpc) is 3.08. The Hall–Kier alpha value is -2.53. The summed E-state index contributed by atoms with van der Waals surface area (Å²) in [7, 11) is 0. The van der Waals surface area contributed by atoms with Crippen molar-refractivity contribution < 1.29 is 14.3 Å². The van der Waals surface area contributed by atoms with Crippen molar-refractivity contribution >= 4 is 29.1 Å². The number of carbonyl (C=O) groups excluding carboxylic acids is 2. The number of hydrogen-bond acceptors (Lipinski definition) is 3. The van der Waals surface area contributed by atoms with Crippen LogP contribution in [0.5, 0.6) is 5.75 Å². The van der Waals surface area contributed by atoms with E-state index in [0.717, 1.165) is 30.6 Å². The lowest BCUT2D eigenvalue weighted by Gasteiger charge is -2.16. The number of hydrogen-bond donors (Lipinski definition) is 1. The van der Waals surface area contributed by atoms with Crippen LogP contribution >= 0.6 is 11.6 Å². The van der Waals surface area contributed by atoms with E-state index in [2.05, 4.69) is 5.32 Å². The van der Waals surface area contributed by atoms with E-state index in [4.69, 9.17) is 16.3 Å². The molecule has 0 aliphatic carbocycles. The van der Waals surface area contributed by atoms with Crippen molar-refractivity contribution in [2.45, 2.75) is 19.3 Å². The zero-order valence-electron chi connectivity index (χ0n) is 14.4. The quantitative estimate of drug-likeness (QED) is 0.811. The van der Waals surface area contributed by atoms with Gasteiger partial charge in [-0.2, -0.15) is 0 Å². The summed E-state index contributed by atoms with van der Waals surface area (Å²) >= 11 is 5.85. The van der Waals surface area contributed by atoms with Crippen LogP contribution in [0.15, 0.2) is 48.5 Å². The molecule has 5 nitrogen and oxygen atoms in total. The van der Waals surface area contributed by atoms with E-state index >= 15 is 0 Å². The molecule has 0 radical (unpaired) electrons. The predicted octanol–water partition coefficient (Wildman–Crippen LogP) is 3.20. The van der Waals surface area contributed by atoms with E-state index in [1.165, 1.54) is 0 Å². The van der Waals surface area contributed by atoms with E-state index in [-0.39, 0.29) is 18.4 Å². The molecule has 136 valence electrons. The third-order valence-electron chi connectivity index (χ3n) is 4.22. The maximum Gasteiger partial charge on any atom is 0.257 e. The first kappa shape index (κ1) is 18.3. The Balaban J connectivity index is 1.44. The number of halogens is 1. The second kappa shape index (κ2) is 8.72. The Morgan fingerprint density at radius 3 is 2.73 bits per heavy atom. The van der Waals surface area contributed by atoms with Gasteiger partial charge < -0.3 is 15.0 Å². The fraction of sp³-hybridized carbons (Fsp3) is 0.300. The fourth-order valence-corrected chi connectivity index (χ4v) is 2.99. The van der Waals surface area contributed by atoms with Crippen LogP contribution in [0, 0.1) is 0 Å². The van der Waals surface area contributed by atoms with Crippen LogP contribution in [0.4, 0.5) is 5.69 Å². The number of anilines is 1. The van der Waals surface area contributed by atoms with Gasteiger partial charge in [-0.05, 0) is 42.7 Å². The molecule has 0 saturated carbocycles. The van der Waals surface area contributed by atoms with Gasteiger partial charge >= 0.3 is 0 Å². The highest BCUT2D eigenvalue weighted by molar-refractivity contribution is 6.30. The lowest BCUT2D eigenvalue weighted by Crippen LogP contribution is -2.30. The van der Waals surface area contributed by atoms with Crippen LogP contribution in [0.25, 0.3) is 0 Å². The Labute approximate surface area is 157 Å². The summed E-state index contributed by atoms with van der Waals surface area (Å²) in [4.78, 5) is 25.5. The van der Waals surface area contributed by atoms with Crippen LogP contribution in [0.2, 0.25) is 5.02 Å². The van der Waals surface area contributed by atoms with Gasteiger partial charge in [-0.25, -0.2) is 0 Å². The lowest BCUT2D eigenvalue weighted by molar-refractivity contribution is -0.123. The minimum atomic E-state index is -0.179. The summed E-state index contributed by atoms with van der Waals surface area (Å²) in [5.41, 5.74) is 1.92. The topological polar surface area (TPSA) is 58.6 Å². The Bertz CT molecular complexity index is 777. The number of carbonyl (C=O) groups is 2. The molecule has 1 aliphatic heterocycles. The van der Waals surface area contributed by atoms with Crippen molar-refractivity contribution in [2.24, 2.45) is 0 Å². The molecule has 26 heavy (non-hydrogen) atoms. The number of nitrogens with one attached hydrogen (secondary N) is 1. The maximum atomic E-state index is 11.9. The smallest absolute Gasteiger partial charge is 0.257 e. The summed E-state index contributed by atoms with van der Waals surface area (Å²) in [5.74, 6) is 0.527. The standard InChI is InChI=1S/C20H21ClN2O3/c21-16-8-6-15(7-9-16)10-11-22-19(24)14-26-18-4-1-3-17(13-18)23-12-2-5-20(23)25/h1,3-4,6-9,13H,2,5,10-12,14H2,(H,22,24). The predicted molar refractivity (Wildman–Crippen MR) is 102 cm³/mol. The first-order valence-electron chi connectivity index (χ1n) is 8.66. The number of rotatable bonds is 7. The molecule has 1 heterocycles. The molecule has 2 amide bonds. The zero-order chi connectivity index (χ0) is 18.4. The van der Waals surface area contributed by atoms with Crippen molar-refractivity contribution in [2.75, 3.05) is 24.6 Å². The molecular weight excluding hydrogens is 352 g/mol. The van der Waals surface area contributed by atoms with Crippen molar-refractivity contribution in [1.29, 1.82) is 0 Å². The molecule has 6 heteroatoms. The molecule has 0 aromatic heterocycles. The van der Waals surface area contributed by atoms with Crippen LogP contribution in [-0.2, 0) is 16.0 Å². The number of benzene rings is 2. The molecule has 0 unspecified atom stereocenters. The van der Waals surface area contributed by atoms with Gasteiger partial charge in [-0.3, -0.25) is 9.59 Å². The van der Waals surface area contributed by atoms with E-state index < -0.39 is 0 Å². The molecule has 0 atom stereocenters. The Kier molecular flexibility index (Phi) is 6.12. The Morgan fingerprint density at radius 1 is 1.19 bits per heavy atom. The van der Waals surface area contributed by atoms with Gasteiger partial charge in [0.2, 0.25) is 5.91 Å². The molecule has 1 fully saturated rings. The Morgan fingerprint density at radius 2 is 2.00 bits per heavy atom. The van der Waals surface area contributed by atoms with Gasteiger partial charge in [0.1, 0.15) is 5.75 Å². The second-order valence-corrected chi connectivity index (χ2v) is 6.60. The van der Waals surface area contributed by atoms with Crippen LogP contribution < -0.4 is 15.0 Å². The van der Waals surface area contributed by atoms with Gasteiger partial charge in [0.25, 0.3) is 5.91 Å². The second-order valence-electron chi connectivity index (χ2n) is 6.16. The van der Waals surface area contributed by atoms with Gasteiger partial charge in [0, 0.05) is 36.3 Å². The zero-order valence-corrected chi connectivity index (χ0v) is 15.2. The monoisotopic (exact) mass is 372 g/mol. The normalized spacial score (nSPS) is 13.7. The van der Waals surface area contributed by atoms with Gasteiger partial charge in [-0.15, -0.1) is 0 Å². The lowest BCUT2D eigenvalue weighted by atomic mass is 10.1. The summed E-state index contributed by atoms with van der Waals surface area (Å²) in [5, 5.41) is 3.53. The molecular formula is C20H21ClN2O3. The third kappa shape index (κ3) is 4.99. The van der Waals surface area contributed by atoms with E-state index in [1.54, 1.807) is 17.0 Å². The number of amides is 2. The van der Waals surface area contributed by atoms with E-state index in [1.807, 2.05) is 36.4 Å². The van der Waals surface area contributed by atoms with Crippen molar-refractivity contribution in [3.63, 3.8) is 0 Å². The van der Waals surface area contributed by atoms with E-state index in [0.29, 0.717) is 23.7 Å². The molecule has 3 rings (SSSR count). The maximum absolute atomic E-state index is 11.9. The van der Waals surface area contributed by atoms with Crippen molar-refractivity contribution in [1.82, 2.24) is 5.32 Å². The minimum absolute atomic E-state index is 0.0575. The number of ether oxygens (including phenoxy) is 1. The largest absolute Gasteiger partial charge is 0.484 e. The molecule has 2 aromatic carbocycles. The molecule has 1 saturated heterocycles. The van der Waals surface area contributed by atoms with Gasteiger partial charge in [0.15, 0.2) is 6.61 Å². The fourth-order valence-electron chi connectivity index (χ4n) is 2.86. The average molecular weight is 373 g/mol. The highest BCUT2D eigenvalue weighted by Gasteiger charge is 2.21. The SMILES string of the molecule is O=C(COc1cccc(N2CCCC2=O)c1)NCCc1ccc(Cl)cc1. The minimum Gasteiger partial charge on any atom is -0.484 e. The van der Waals surface area contributed by atoms with Gasteiger partial charge in [0.05, 0.1) is 0 Å². The third-order valence-corrected chi connectivity index (χ3v) is 4.47. The van der Waals surface area contributed by atoms with Crippen molar-refractivity contribution in [3.8, 4) is 5.75 Å². The van der Waals surface area contributed by atoms with Crippen LogP contribution in [-0.4, -0.2) is 31.5 Å². The summed E-state index contributed by atoms with van der Waals surface area (Å²) in [6.45, 7) is 1.21. The molecule has 1 aliphatic rings. The van der Waals surface area contributed by atoms with Gasteiger partial charge in [-0.1, -0.05) is 29.8 Å². The molecule has 1 N–H and O–H groups in total. The molecule has 0 bridgehead atoms. The highest BCUT2D eigenvalue weighted by atomic mass is 35.5. The van der Waals surface area contributed by atoms with Crippen molar-refractivity contribution in [3.05, 3.63) is 59.1 Å². The molecule has 2 aromatic rings. The summed E-state index contributed by atoms with van der Waals surface area (Å²) < 4.78 is 5.55. The highest BCUT2D eigenvalue weighted by Crippen LogP contribution is 2.25. The first-order chi connectivity index (χ1) is 12.6. The summed E-state index contributed by atoms with van der Waals surface area (Å²) in [6, 6.07) is 14.8. The summed E-state index contributed by atoms with van der Waals surface area (Å²) in [6.07, 6.45) is 2.19. The molecule has 0 spiro atoms. The number of nitrogens with zero attached hydrogens (tertiary/aromatic N) is 1. The van der Waals surface area contributed by atoms with E-state index in [9.17, 15) is 9.59 Å². The van der Waals surface area contributed by atoms with Crippen LogP contribution in [0.1, 0.15) is 18.4 Å².